The third-order valence-corrected chi connectivity index (χ3v) is 3.75. The number of aliphatic hydroxyl groups excluding tert-OH is 1. The molecule has 138 valence electrons. The lowest BCUT2D eigenvalue weighted by Crippen LogP contribution is -2.32. The lowest BCUT2D eigenvalue weighted by molar-refractivity contribution is 0.0499. The van der Waals surface area contributed by atoms with Crippen molar-refractivity contribution in [3.63, 3.8) is 0 Å². The van der Waals surface area contributed by atoms with Crippen molar-refractivity contribution in [2.24, 2.45) is 0 Å². The minimum Gasteiger partial charge on any atom is -0.462 e. The summed E-state index contributed by atoms with van der Waals surface area (Å²) in [6.07, 6.45) is 1.02. The molecule has 0 unspecified atom stereocenters. The van der Waals surface area contributed by atoms with Crippen molar-refractivity contribution >= 4 is 17.7 Å². The minimum atomic E-state index is -0.776. The van der Waals surface area contributed by atoms with Crippen molar-refractivity contribution < 1.29 is 19.4 Å². The number of nitrogens with one attached hydrogen (secondary N) is 2. The number of hydrogen-bond donors (Lipinski definition) is 3. The van der Waals surface area contributed by atoms with Crippen molar-refractivity contribution in [2.75, 3.05) is 18.5 Å². The van der Waals surface area contributed by atoms with Gasteiger partial charge < -0.3 is 20.5 Å². The fourth-order valence-corrected chi connectivity index (χ4v) is 2.24. The topological polar surface area (TPSA) is 87.7 Å². The lowest BCUT2D eigenvalue weighted by Gasteiger charge is -2.13. The van der Waals surface area contributed by atoms with E-state index in [1.807, 2.05) is 25.1 Å². The highest BCUT2D eigenvalue weighted by Crippen LogP contribution is 2.12. The van der Waals surface area contributed by atoms with Crippen molar-refractivity contribution in [1.29, 1.82) is 0 Å². The molecular formula is C20H24N2O4. The number of anilines is 1. The highest BCUT2D eigenvalue weighted by molar-refractivity contribution is 5.92. The first-order chi connectivity index (χ1) is 12.6. The van der Waals surface area contributed by atoms with Crippen LogP contribution in [0.15, 0.2) is 54.6 Å². The lowest BCUT2D eigenvalue weighted by atomic mass is 10.1. The SMILES string of the molecule is CCCCOC(=O)c1ccc(NC(=O)NC[C@H](O)c2ccccc2)cc1. The van der Waals surface area contributed by atoms with Crippen LogP contribution in [-0.4, -0.2) is 30.3 Å². The van der Waals surface area contributed by atoms with Crippen LogP contribution in [0.4, 0.5) is 10.5 Å². The molecule has 6 heteroatoms. The number of esters is 1. The Hall–Kier alpha value is -2.86. The molecule has 6 nitrogen and oxygen atoms in total. The molecule has 0 fully saturated rings. The Kier molecular flexibility index (Phi) is 7.64. The molecule has 0 aliphatic heterocycles. The van der Waals surface area contributed by atoms with E-state index in [1.54, 1.807) is 36.4 Å². The molecule has 0 radical (unpaired) electrons. The van der Waals surface area contributed by atoms with Crippen LogP contribution in [0.25, 0.3) is 0 Å². The van der Waals surface area contributed by atoms with E-state index >= 15 is 0 Å². The van der Waals surface area contributed by atoms with Gasteiger partial charge in [-0.05, 0) is 36.2 Å². The van der Waals surface area contributed by atoms with Gasteiger partial charge in [0.25, 0.3) is 0 Å². The molecular weight excluding hydrogens is 332 g/mol. The summed E-state index contributed by atoms with van der Waals surface area (Å²) in [5.41, 5.74) is 1.71. The smallest absolute Gasteiger partial charge is 0.338 e. The molecule has 2 aromatic carbocycles. The molecule has 0 aromatic heterocycles. The largest absolute Gasteiger partial charge is 0.462 e. The van der Waals surface area contributed by atoms with E-state index in [9.17, 15) is 14.7 Å². The van der Waals surface area contributed by atoms with Crippen LogP contribution in [0, 0.1) is 0 Å². The Labute approximate surface area is 153 Å². The number of carbonyl (C=O) groups is 2. The van der Waals surface area contributed by atoms with Crippen LogP contribution in [0.3, 0.4) is 0 Å². The maximum Gasteiger partial charge on any atom is 0.338 e. The number of amides is 2. The van der Waals surface area contributed by atoms with Crippen LogP contribution >= 0.6 is 0 Å². The summed E-state index contributed by atoms with van der Waals surface area (Å²) in [5, 5.41) is 15.3. The Morgan fingerprint density at radius 3 is 2.42 bits per heavy atom. The fraction of sp³-hybridized carbons (Fsp3) is 0.300. The van der Waals surface area contributed by atoms with Crippen LogP contribution in [-0.2, 0) is 4.74 Å². The molecule has 2 aromatic rings. The first-order valence-corrected chi connectivity index (χ1v) is 8.65. The third kappa shape index (κ3) is 6.22. The molecule has 0 heterocycles. The van der Waals surface area contributed by atoms with Crippen molar-refractivity contribution in [3.05, 3.63) is 65.7 Å². The first kappa shape index (κ1) is 19.5. The summed E-state index contributed by atoms with van der Waals surface area (Å²) in [6.45, 7) is 2.53. The van der Waals surface area contributed by atoms with Crippen molar-refractivity contribution in [2.45, 2.75) is 25.9 Å². The maximum absolute atomic E-state index is 11.9. The van der Waals surface area contributed by atoms with E-state index in [4.69, 9.17) is 4.74 Å². The summed E-state index contributed by atoms with van der Waals surface area (Å²) < 4.78 is 5.13. The summed E-state index contributed by atoms with van der Waals surface area (Å²) in [7, 11) is 0. The van der Waals surface area contributed by atoms with Gasteiger partial charge in [0.05, 0.1) is 18.3 Å². The molecule has 2 rings (SSSR count). The van der Waals surface area contributed by atoms with Gasteiger partial charge in [-0.2, -0.15) is 0 Å². The van der Waals surface area contributed by atoms with Crippen molar-refractivity contribution in [3.8, 4) is 0 Å². The number of rotatable bonds is 8. The summed E-state index contributed by atoms with van der Waals surface area (Å²) in [6, 6.07) is 15.1. The van der Waals surface area contributed by atoms with E-state index in [2.05, 4.69) is 10.6 Å². The molecule has 0 saturated carbocycles. The molecule has 0 spiro atoms. The Bertz CT molecular complexity index is 702. The average Bonchev–Trinajstić information content (AvgIpc) is 2.67. The number of urea groups is 1. The van der Waals surface area contributed by atoms with Gasteiger partial charge in [0, 0.05) is 12.2 Å². The zero-order valence-corrected chi connectivity index (χ0v) is 14.8. The summed E-state index contributed by atoms with van der Waals surface area (Å²) >= 11 is 0. The van der Waals surface area contributed by atoms with E-state index < -0.39 is 12.1 Å². The minimum absolute atomic E-state index is 0.0949. The number of benzene rings is 2. The molecule has 1 atom stereocenters. The molecule has 26 heavy (non-hydrogen) atoms. The monoisotopic (exact) mass is 356 g/mol. The highest BCUT2D eigenvalue weighted by Gasteiger charge is 2.10. The summed E-state index contributed by atoms with van der Waals surface area (Å²) in [4.78, 5) is 23.7. The molecule has 2 amide bonds. The summed E-state index contributed by atoms with van der Waals surface area (Å²) in [5.74, 6) is -0.375. The average molecular weight is 356 g/mol. The number of carbonyl (C=O) groups excluding carboxylic acids is 2. The van der Waals surface area contributed by atoms with Crippen LogP contribution in [0.2, 0.25) is 0 Å². The van der Waals surface area contributed by atoms with Gasteiger partial charge in [0.15, 0.2) is 0 Å². The second-order valence-electron chi connectivity index (χ2n) is 5.83. The van der Waals surface area contributed by atoms with Gasteiger partial charge in [0.1, 0.15) is 0 Å². The van der Waals surface area contributed by atoms with Gasteiger partial charge in [-0.3, -0.25) is 0 Å². The molecule has 0 aliphatic rings. The normalized spacial score (nSPS) is 11.5. The van der Waals surface area contributed by atoms with E-state index in [1.165, 1.54) is 0 Å². The molecule has 3 N–H and O–H groups in total. The van der Waals surface area contributed by atoms with Gasteiger partial charge in [0.2, 0.25) is 0 Å². The predicted molar refractivity (Wildman–Crippen MR) is 100 cm³/mol. The number of ether oxygens (including phenoxy) is 1. The Morgan fingerprint density at radius 1 is 1.08 bits per heavy atom. The Morgan fingerprint density at radius 2 is 1.77 bits per heavy atom. The van der Waals surface area contributed by atoms with Crippen molar-refractivity contribution in [1.82, 2.24) is 5.32 Å². The standard InChI is InChI=1S/C20H24N2O4/c1-2-3-13-26-19(24)16-9-11-17(12-10-16)22-20(25)21-14-18(23)15-7-5-4-6-8-15/h4-12,18,23H,2-3,13-14H2,1H3,(H2,21,22,25)/t18-/m0/s1. The predicted octanol–water partition coefficient (Wildman–Crippen LogP) is 3.50. The highest BCUT2D eigenvalue weighted by atomic mass is 16.5. The van der Waals surface area contributed by atoms with Gasteiger partial charge >= 0.3 is 12.0 Å². The van der Waals surface area contributed by atoms with Gasteiger partial charge in [-0.15, -0.1) is 0 Å². The van der Waals surface area contributed by atoms with Crippen LogP contribution in [0.1, 0.15) is 41.8 Å². The molecule has 0 saturated heterocycles. The van der Waals surface area contributed by atoms with E-state index in [-0.39, 0.29) is 12.5 Å². The molecule has 0 bridgehead atoms. The number of unbranched alkanes of at least 4 members (excludes halogenated alkanes) is 1. The van der Waals surface area contributed by atoms with Crippen LogP contribution in [0.5, 0.6) is 0 Å². The third-order valence-electron chi connectivity index (χ3n) is 3.75. The fourth-order valence-electron chi connectivity index (χ4n) is 2.24. The van der Waals surface area contributed by atoms with Crippen LogP contribution < -0.4 is 10.6 Å². The van der Waals surface area contributed by atoms with Gasteiger partial charge in [-0.1, -0.05) is 43.7 Å². The number of aliphatic hydroxyl groups is 1. The zero-order chi connectivity index (χ0) is 18.8. The molecule has 0 aliphatic carbocycles. The second kappa shape index (κ2) is 10.2. The zero-order valence-electron chi connectivity index (χ0n) is 14.8. The maximum atomic E-state index is 11.9. The second-order valence-corrected chi connectivity index (χ2v) is 5.83. The van der Waals surface area contributed by atoms with E-state index in [0.29, 0.717) is 17.9 Å². The quantitative estimate of drug-likeness (QED) is 0.499. The van der Waals surface area contributed by atoms with Gasteiger partial charge in [-0.25, -0.2) is 9.59 Å². The number of hydrogen-bond acceptors (Lipinski definition) is 4. The Balaban J connectivity index is 1.79. The van der Waals surface area contributed by atoms with E-state index in [0.717, 1.165) is 18.4 Å². The first-order valence-electron chi connectivity index (χ1n) is 8.65.